The van der Waals surface area contributed by atoms with E-state index in [1.807, 2.05) is 42.7 Å². The number of hydrogen-bond acceptors (Lipinski definition) is 5. The summed E-state index contributed by atoms with van der Waals surface area (Å²) < 4.78 is 14.8. The summed E-state index contributed by atoms with van der Waals surface area (Å²) in [6.07, 6.45) is 0. The summed E-state index contributed by atoms with van der Waals surface area (Å²) in [6, 6.07) is 12.9. The number of nitrogens with one attached hydrogen (secondary N) is 2. The van der Waals surface area contributed by atoms with Gasteiger partial charge in [0.15, 0.2) is 11.0 Å². The average molecular weight is 428 g/mol. The van der Waals surface area contributed by atoms with Crippen LogP contribution >= 0.6 is 11.8 Å². The molecule has 1 aromatic heterocycles. The third kappa shape index (κ3) is 5.44. The van der Waals surface area contributed by atoms with Gasteiger partial charge in [0.05, 0.1) is 12.3 Å². The van der Waals surface area contributed by atoms with Crippen LogP contribution in [0.5, 0.6) is 0 Å². The largest absolute Gasteiger partial charge is 0.345 e. The van der Waals surface area contributed by atoms with E-state index in [2.05, 4.69) is 20.8 Å². The Hall–Kier alpha value is -3.20. The minimum atomic E-state index is -0.398. The highest BCUT2D eigenvalue weighted by molar-refractivity contribution is 7.99. The van der Waals surface area contributed by atoms with Crippen molar-refractivity contribution in [2.75, 3.05) is 11.1 Å². The van der Waals surface area contributed by atoms with Gasteiger partial charge in [-0.1, -0.05) is 30.0 Å². The number of carbonyl (C=O) groups is 2. The van der Waals surface area contributed by atoms with Gasteiger partial charge in [0.2, 0.25) is 5.91 Å². The SMILES string of the molecule is CCn1c(CNC(=O)c2ccc(F)cc2)nnc1SCC(=O)Nc1ccccc1C. The van der Waals surface area contributed by atoms with Gasteiger partial charge < -0.3 is 15.2 Å². The minimum absolute atomic E-state index is 0.133. The lowest BCUT2D eigenvalue weighted by molar-refractivity contribution is -0.113. The highest BCUT2D eigenvalue weighted by Gasteiger charge is 2.15. The molecule has 0 spiro atoms. The second-order valence-electron chi connectivity index (χ2n) is 6.48. The number of thioether (sulfide) groups is 1. The highest BCUT2D eigenvalue weighted by Crippen LogP contribution is 2.19. The second kappa shape index (κ2) is 10.0. The fourth-order valence-corrected chi connectivity index (χ4v) is 3.59. The van der Waals surface area contributed by atoms with Crippen molar-refractivity contribution >= 4 is 29.3 Å². The number of benzene rings is 2. The molecule has 0 unspecified atom stereocenters. The van der Waals surface area contributed by atoms with Gasteiger partial charge in [0.25, 0.3) is 5.91 Å². The first-order valence-electron chi connectivity index (χ1n) is 9.42. The minimum Gasteiger partial charge on any atom is -0.345 e. The average Bonchev–Trinajstić information content (AvgIpc) is 3.14. The topological polar surface area (TPSA) is 88.9 Å². The second-order valence-corrected chi connectivity index (χ2v) is 7.43. The molecular weight excluding hydrogens is 405 g/mol. The van der Waals surface area contributed by atoms with Gasteiger partial charge in [-0.3, -0.25) is 9.59 Å². The van der Waals surface area contributed by atoms with Crippen LogP contribution in [0.3, 0.4) is 0 Å². The Kier molecular flexibility index (Phi) is 7.18. The number of para-hydroxylation sites is 1. The van der Waals surface area contributed by atoms with Gasteiger partial charge in [-0.25, -0.2) is 4.39 Å². The quantitative estimate of drug-likeness (QED) is 0.538. The summed E-state index contributed by atoms with van der Waals surface area (Å²) in [4.78, 5) is 24.5. The Morgan fingerprint density at radius 3 is 2.53 bits per heavy atom. The summed E-state index contributed by atoms with van der Waals surface area (Å²) in [5.41, 5.74) is 2.14. The normalized spacial score (nSPS) is 10.6. The molecule has 0 atom stereocenters. The maximum Gasteiger partial charge on any atom is 0.251 e. The first-order chi connectivity index (χ1) is 14.5. The molecule has 7 nitrogen and oxygen atoms in total. The van der Waals surface area contributed by atoms with Crippen LogP contribution in [0.4, 0.5) is 10.1 Å². The highest BCUT2D eigenvalue weighted by atomic mass is 32.2. The Morgan fingerprint density at radius 2 is 1.83 bits per heavy atom. The molecule has 1 heterocycles. The maximum absolute atomic E-state index is 13.0. The molecule has 0 bridgehead atoms. The summed E-state index contributed by atoms with van der Waals surface area (Å²) in [5.74, 6) is -0.0900. The first kappa shape index (κ1) is 21.5. The Morgan fingerprint density at radius 1 is 1.10 bits per heavy atom. The molecule has 0 aliphatic heterocycles. The lowest BCUT2D eigenvalue weighted by atomic mass is 10.2. The van der Waals surface area contributed by atoms with Crippen LogP contribution in [0.2, 0.25) is 0 Å². The van der Waals surface area contributed by atoms with E-state index >= 15 is 0 Å². The summed E-state index contributed by atoms with van der Waals surface area (Å²) >= 11 is 1.28. The van der Waals surface area contributed by atoms with Crippen molar-refractivity contribution in [1.82, 2.24) is 20.1 Å². The van der Waals surface area contributed by atoms with Crippen LogP contribution in [0.1, 0.15) is 28.7 Å². The number of aryl methyl sites for hydroxylation is 1. The van der Waals surface area contributed by atoms with Crippen LogP contribution in [0.15, 0.2) is 53.7 Å². The summed E-state index contributed by atoms with van der Waals surface area (Å²) in [6.45, 7) is 4.64. The van der Waals surface area contributed by atoms with E-state index in [9.17, 15) is 14.0 Å². The number of rotatable bonds is 8. The smallest absolute Gasteiger partial charge is 0.251 e. The van der Waals surface area contributed by atoms with E-state index in [0.717, 1.165) is 11.3 Å². The Labute approximate surface area is 178 Å². The molecule has 0 saturated carbocycles. The van der Waals surface area contributed by atoms with Crippen molar-refractivity contribution in [3.8, 4) is 0 Å². The molecular formula is C21H22FN5O2S. The van der Waals surface area contributed by atoms with E-state index < -0.39 is 5.82 Å². The Bertz CT molecular complexity index is 1040. The van der Waals surface area contributed by atoms with Crippen molar-refractivity contribution in [1.29, 1.82) is 0 Å². The number of hydrogen-bond donors (Lipinski definition) is 2. The number of amides is 2. The van der Waals surface area contributed by atoms with E-state index in [0.29, 0.717) is 23.1 Å². The fourth-order valence-electron chi connectivity index (χ4n) is 2.77. The maximum atomic E-state index is 13.0. The van der Waals surface area contributed by atoms with Gasteiger partial charge in [-0.15, -0.1) is 10.2 Å². The van der Waals surface area contributed by atoms with Crippen molar-refractivity contribution in [2.24, 2.45) is 0 Å². The van der Waals surface area contributed by atoms with Crippen molar-refractivity contribution in [3.05, 3.63) is 71.3 Å². The molecule has 2 N–H and O–H groups in total. The molecule has 3 rings (SSSR count). The molecule has 2 amide bonds. The predicted molar refractivity (Wildman–Crippen MR) is 114 cm³/mol. The number of halogens is 1. The van der Waals surface area contributed by atoms with Gasteiger partial charge >= 0.3 is 0 Å². The van der Waals surface area contributed by atoms with Crippen LogP contribution in [-0.2, 0) is 17.9 Å². The van der Waals surface area contributed by atoms with Crippen molar-refractivity contribution in [3.63, 3.8) is 0 Å². The monoisotopic (exact) mass is 427 g/mol. The molecule has 0 fully saturated rings. The number of carbonyl (C=O) groups excluding carboxylic acids is 2. The summed E-state index contributed by atoms with van der Waals surface area (Å²) in [7, 11) is 0. The van der Waals surface area contributed by atoms with Gasteiger partial charge in [0, 0.05) is 17.8 Å². The zero-order chi connectivity index (χ0) is 21.5. The molecule has 0 aliphatic carbocycles. The fraction of sp³-hybridized carbons (Fsp3) is 0.238. The molecule has 0 saturated heterocycles. The summed E-state index contributed by atoms with van der Waals surface area (Å²) in [5, 5.41) is 14.5. The van der Waals surface area contributed by atoms with E-state index in [4.69, 9.17) is 0 Å². The van der Waals surface area contributed by atoms with E-state index in [1.54, 1.807) is 0 Å². The molecule has 9 heteroatoms. The van der Waals surface area contributed by atoms with Crippen LogP contribution in [0, 0.1) is 12.7 Å². The van der Waals surface area contributed by atoms with Crippen LogP contribution < -0.4 is 10.6 Å². The molecule has 0 radical (unpaired) electrons. The third-order valence-electron chi connectivity index (χ3n) is 4.37. The van der Waals surface area contributed by atoms with Crippen LogP contribution in [-0.4, -0.2) is 32.3 Å². The van der Waals surface area contributed by atoms with Gasteiger partial charge in [-0.05, 0) is 49.7 Å². The first-order valence-corrected chi connectivity index (χ1v) is 10.4. The predicted octanol–water partition coefficient (Wildman–Crippen LogP) is 3.41. The number of aromatic nitrogens is 3. The lowest BCUT2D eigenvalue weighted by Gasteiger charge is -2.09. The third-order valence-corrected chi connectivity index (χ3v) is 5.34. The van der Waals surface area contributed by atoms with Crippen molar-refractivity contribution in [2.45, 2.75) is 32.1 Å². The van der Waals surface area contributed by atoms with E-state index in [-0.39, 0.29) is 24.1 Å². The van der Waals surface area contributed by atoms with Crippen LogP contribution in [0.25, 0.3) is 0 Å². The zero-order valence-corrected chi connectivity index (χ0v) is 17.5. The molecule has 30 heavy (non-hydrogen) atoms. The number of nitrogens with zero attached hydrogens (tertiary/aromatic N) is 3. The van der Waals surface area contributed by atoms with Gasteiger partial charge in [-0.2, -0.15) is 0 Å². The lowest BCUT2D eigenvalue weighted by Crippen LogP contribution is -2.24. The number of anilines is 1. The van der Waals surface area contributed by atoms with E-state index in [1.165, 1.54) is 36.0 Å². The zero-order valence-electron chi connectivity index (χ0n) is 16.7. The van der Waals surface area contributed by atoms with Crippen molar-refractivity contribution < 1.29 is 14.0 Å². The molecule has 3 aromatic rings. The molecule has 2 aromatic carbocycles. The molecule has 0 aliphatic rings. The van der Waals surface area contributed by atoms with Gasteiger partial charge in [0.1, 0.15) is 5.82 Å². The Balaban J connectivity index is 1.57. The molecule has 156 valence electrons. The standard InChI is InChI=1S/C21H22FN5O2S/c1-3-27-18(12-23-20(29)15-8-10-16(22)11-9-15)25-26-21(27)30-13-19(28)24-17-7-5-4-6-14(17)2/h4-11H,3,12-13H2,1-2H3,(H,23,29)(H,24,28).